The molecule has 12 heavy (non-hydrogen) atoms. The van der Waals surface area contributed by atoms with Crippen molar-refractivity contribution in [2.24, 2.45) is 4.40 Å². The number of halogens is 3. The van der Waals surface area contributed by atoms with Gasteiger partial charge >= 0.3 is 6.18 Å². The molecule has 0 aliphatic heterocycles. The van der Waals surface area contributed by atoms with Crippen LogP contribution < -0.4 is 0 Å². The molecule has 0 aromatic heterocycles. The summed E-state index contributed by atoms with van der Waals surface area (Å²) in [6, 6.07) is 0. The van der Waals surface area contributed by atoms with Gasteiger partial charge in [0, 0.05) is 0 Å². The lowest BCUT2D eigenvalue weighted by molar-refractivity contribution is -0.0534. The Morgan fingerprint density at radius 2 is 1.67 bits per heavy atom. The summed E-state index contributed by atoms with van der Waals surface area (Å²) in [4.78, 5) is 0. The van der Waals surface area contributed by atoms with Crippen molar-refractivity contribution in [2.75, 3.05) is 0 Å². The van der Waals surface area contributed by atoms with Crippen molar-refractivity contribution in [1.29, 1.82) is 0 Å². The van der Waals surface area contributed by atoms with E-state index in [0.29, 0.717) is 0 Å². The van der Waals surface area contributed by atoms with E-state index in [2.05, 4.69) is 4.40 Å². The molecule has 0 rings (SSSR count). The van der Waals surface area contributed by atoms with Crippen LogP contribution in [0.4, 0.5) is 13.2 Å². The van der Waals surface area contributed by atoms with Crippen LogP contribution >= 0.6 is 0 Å². The molecule has 0 N–H and O–H groups in total. The second-order valence-electron chi connectivity index (χ2n) is 3.14. The lowest BCUT2D eigenvalue weighted by Gasteiger charge is -2.17. The first kappa shape index (κ1) is 11.8. The molecule has 0 aromatic rings. The van der Waals surface area contributed by atoms with Crippen LogP contribution in [0.15, 0.2) is 4.40 Å². The van der Waals surface area contributed by atoms with Crippen molar-refractivity contribution in [3.63, 3.8) is 0 Å². The zero-order valence-electron chi connectivity index (χ0n) is 6.97. The SMILES string of the molecule is CC(C)(C)[S@@+]([O-])/N=C\C(F)(F)F. The summed E-state index contributed by atoms with van der Waals surface area (Å²) in [5, 5.41) is 0. The van der Waals surface area contributed by atoms with E-state index in [0.717, 1.165) is 0 Å². The maximum Gasteiger partial charge on any atom is 0.430 e. The van der Waals surface area contributed by atoms with E-state index in [4.69, 9.17) is 0 Å². The quantitative estimate of drug-likeness (QED) is 0.472. The molecule has 0 spiro atoms. The van der Waals surface area contributed by atoms with Crippen LogP contribution in [-0.4, -0.2) is 21.7 Å². The van der Waals surface area contributed by atoms with Crippen LogP contribution in [0.1, 0.15) is 20.8 Å². The number of rotatable bonds is 1. The highest BCUT2D eigenvalue weighted by Gasteiger charge is 2.30. The predicted octanol–water partition coefficient (Wildman–Crippen LogP) is 2.08. The molecular formula is C6H10F3NOS. The van der Waals surface area contributed by atoms with Crippen molar-refractivity contribution < 1.29 is 17.7 Å². The molecule has 0 aliphatic rings. The Kier molecular flexibility index (Phi) is 3.59. The van der Waals surface area contributed by atoms with Gasteiger partial charge in [0.15, 0.2) is 6.21 Å². The van der Waals surface area contributed by atoms with Crippen LogP contribution in [0.5, 0.6) is 0 Å². The molecule has 0 aromatic carbocycles. The highest BCUT2D eigenvalue weighted by Crippen LogP contribution is 2.18. The first-order chi connectivity index (χ1) is 5.13. The van der Waals surface area contributed by atoms with Crippen molar-refractivity contribution in [3.05, 3.63) is 0 Å². The van der Waals surface area contributed by atoms with E-state index in [9.17, 15) is 17.7 Å². The van der Waals surface area contributed by atoms with E-state index in [1.54, 1.807) is 20.8 Å². The van der Waals surface area contributed by atoms with Gasteiger partial charge in [-0.25, -0.2) is 0 Å². The molecule has 0 amide bonds. The lowest BCUT2D eigenvalue weighted by atomic mass is 10.3. The standard InChI is InChI=1S/C6H10F3NOS/c1-5(2,3)12(11)10-4-6(7,8)9/h4H,1-3H3/b10-4-/t12-/m1/s1. The molecule has 0 radical (unpaired) electrons. The van der Waals surface area contributed by atoms with E-state index in [1.807, 2.05) is 0 Å². The third kappa shape index (κ3) is 5.42. The molecule has 0 saturated heterocycles. The van der Waals surface area contributed by atoms with Gasteiger partial charge in [-0.2, -0.15) is 13.2 Å². The average molecular weight is 201 g/mol. The zero-order chi connectivity index (χ0) is 9.99. The second-order valence-corrected chi connectivity index (χ2v) is 5.07. The predicted molar refractivity (Wildman–Crippen MR) is 42.4 cm³/mol. The van der Waals surface area contributed by atoms with E-state index >= 15 is 0 Å². The van der Waals surface area contributed by atoms with Gasteiger partial charge < -0.3 is 4.55 Å². The fraction of sp³-hybridized carbons (Fsp3) is 0.833. The molecule has 0 heterocycles. The minimum Gasteiger partial charge on any atom is -0.591 e. The van der Waals surface area contributed by atoms with Crippen LogP contribution in [0.3, 0.4) is 0 Å². The summed E-state index contributed by atoms with van der Waals surface area (Å²) in [5.41, 5.74) is 0. The summed E-state index contributed by atoms with van der Waals surface area (Å²) in [5.74, 6) is 0. The molecule has 0 bridgehead atoms. The number of nitrogens with zero attached hydrogens (tertiary/aromatic N) is 1. The first-order valence-electron chi connectivity index (χ1n) is 3.17. The molecule has 0 fully saturated rings. The Morgan fingerprint density at radius 3 is 1.92 bits per heavy atom. The third-order valence-corrected chi connectivity index (χ3v) is 2.16. The van der Waals surface area contributed by atoms with Gasteiger partial charge in [-0.1, -0.05) is 4.40 Å². The minimum absolute atomic E-state index is 0.242. The second kappa shape index (κ2) is 3.66. The van der Waals surface area contributed by atoms with E-state index < -0.39 is 22.3 Å². The summed E-state index contributed by atoms with van der Waals surface area (Å²) >= 11 is -1.83. The molecule has 0 unspecified atom stereocenters. The number of alkyl halides is 3. The van der Waals surface area contributed by atoms with Crippen LogP contribution in [0.25, 0.3) is 0 Å². The molecule has 0 saturated carbocycles. The summed E-state index contributed by atoms with van der Waals surface area (Å²) in [7, 11) is 0. The topological polar surface area (TPSA) is 35.4 Å². The Morgan fingerprint density at radius 1 is 1.25 bits per heavy atom. The Balaban J connectivity index is 4.19. The fourth-order valence-corrected chi connectivity index (χ4v) is 0.797. The molecule has 2 nitrogen and oxygen atoms in total. The van der Waals surface area contributed by atoms with Gasteiger partial charge in [-0.3, -0.25) is 0 Å². The fourth-order valence-electron chi connectivity index (χ4n) is 0.266. The van der Waals surface area contributed by atoms with Gasteiger partial charge in [0.1, 0.15) is 16.1 Å². The highest BCUT2D eigenvalue weighted by atomic mass is 32.2. The maximum atomic E-state index is 11.5. The largest absolute Gasteiger partial charge is 0.591 e. The third-order valence-electron chi connectivity index (χ3n) is 0.819. The maximum absolute atomic E-state index is 11.5. The highest BCUT2D eigenvalue weighted by molar-refractivity contribution is 7.91. The van der Waals surface area contributed by atoms with E-state index in [-0.39, 0.29) is 6.21 Å². The molecule has 0 aliphatic carbocycles. The normalized spacial score (nSPS) is 16.9. The summed E-state index contributed by atoms with van der Waals surface area (Å²) in [6.07, 6.45) is -4.73. The Bertz CT molecular complexity index is 173. The summed E-state index contributed by atoms with van der Waals surface area (Å²) < 4.78 is 47.6. The molecular weight excluding hydrogens is 191 g/mol. The molecule has 6 heteroatoms. The van der Waals surface area contributed by atoms with Crippen LogP contribution in [0, 0.1) is 0 Å². The molecule has 1 atom stereocenters. The number of hydrogen-bond donors (Lipinski definition) is 0. The average Bonchev–Trinajstić information content (AvgIpc) is 1.78. The molecule has 72 valence electrons. The monoisotopic (exact) mass is 201 g/mol. The van der Waals surface area contributed by atoms with Crippen molar-refractivity contribution >= 4 is 17.6 Å². The Labute approximate surface area is 72.2 Å². The van der Waals surface area contributed by atoms with Gasteiger partial charge in [-0.05, 0) is 20.8 Å². The Hall–Kier alpha value is -0.230. The van der Waals surface area contributed by atoms with Crippen LogP contribution in [-0.2, 0) is 11.4 Å². The van der Waals surface area contributed by atoms with Gasteiger partial charge in [0.25, 0.3) is 0 Å². The first-order valence-corrected chi connectivity index (χ1v) is 4.27. The lowest BCUT2D eigenvalue weighted by Crippen LogP contribution is -2.27. The van der Waals surface area contributed by atoms with Gasteiger partial charge in [-0.15, -0.1) is 0 Å². The van der Waals surface area contributed by atoms with E-state index in [1.165, 1.54) is 0 Å². The van der Waals surface area contributed by atoms with Crippen molar-refractivity contribution in [2.45, 2.75) is 31.7 Å². The minimum atomic E-state index is -4.49. The summed E-state index contributed by atoms with van der Waals surface area (Å²) in [6.45, 7) is 4.66. The van der Waals surface area contributed by atoms with Gasteiger partial charge in [0.2, 0.25) is 0 Å². The van der Waals surface area contributed by atoms with Gasteiger partial charge in [0.05, 0.1) is 0 Å². The smallest absolute Gasteiger partial charge is 0.430 e. The van der Waals surface area contributed by atoms with Crippen molar-refractivity contribution in [3.8, 4) is 0 Å². The van der Waals surface area contributed by atoms with Crippen molar-refractivity contribution in [1.82, 2.24) is 0 Å². The zero-order valence-corrected chi connectivity index (χ0v) is 7.79. The van der Waals surface area contributed by atoms with Crippen LogP contribution in [0.2, 0.25) is 0 Å². The number of hydrogen-bond acceptors (Lipinski definition) is 2.